The molecule has 4 heterocycles. The molecule has 7 aliphatic rings. The fourth-order valence-electron chi connectivity index (χ4n) is 10.5. The molecule has 2 spiro atoms. The Balaban J connectivity index is 1.09. The summed E-state index contributed by atoms with van der Waals surface area (Å²) in [5, 5.41) is 34.5. The normalized spacial score (nSPS) is 49.6. The van der Waals surface area contributed by atoms with Gasteiger partial charge in [-0.2, -0.15) is 0 Å². The Morgan fingerprint density at radius 3 is 2.69 bits per heavy atom. The molecule has 1 aromatic carbocycles. The second kappa shape index (κ2) is 7.59. The SMILES string of the molecule is C[C@]12CC=C3C=C4[C@H]5C[C@H]5[C@@H](N5C[C@H](O)[C@@H](O)C5)C[C@]45CCC3(O5)[C@@H]1C[C@@H](O)[C@@H]2c1ccc2ccncc2c1. The number of aliphatic hydroxyl groups is 3. The van der Waals surface area contributed by atoms with Gasteiger partial charge in [0.15, 0.2) is 0 Å². The molecule has 39 heavy (non-hydrogen) atoms. The van der Waals surface area contributed by atoms with E-state index < -0.39 is 18.3 Å². The topological polar surface area (TPSA) is 86.1 Å². The number of hydrogen-bond donors (Lipinski definition) is 3. The van der Waals surface area contributed by atoms with Crippen LogP contribution >= 0.6 is 0 Å². The van der Waals surface area contributed by atoms with E-state index in [2.05, 4.69) is 47.2 Å². The maximum absolute atomic E-state index is 11.7. The summed E-state index contributed by atoms with van der Waals surface area (Å²) < 4.78 is 7.49. The molecule has 2 saturated heterocycles. The molecule has 0 amide bonds. The molecule has 9 rings (SSSR count). The molecule has 3 N–H and O–H groups in total. The van der Waals surface area contributed by atoms with Crippen LogP contribution in [0.15, 0.2) is 60.0 Å². The van der Waals surface area contributed by atoms with Gasteiger partial charge in [-0.05, 0) is 90.0 Å². The summed E-state index contributed by atoms with van der Waals surface area (Å²) in [6.07, 6.45) is 13.0. The van der Waals surface area contributed by atoms with Gasteiger partial charge in [0.05, 0.1) is 29.5 Å². The number of ether oxygens (including phenoxy) is 1. The molecule has 1 aromatic heterocycles. The Labute approximate surface area is 229 Å². The number of rotatable bonds is 2. The van der Waals surface area contributed by atoms with E-state index >= 15 is 0 Å². The third-order valence-corrected chi connectivity index (χ3v) is 12.3. The van der Waals surface area contributed by atoms with Crippen molar-refractivity contribution in [2.45, 2.75) is 86.9 Å². The zero-order valence-corrected chi connectivity index (χ0v) is 22.5. The minimum atomic E-state index is -0.643. The van der Waals surface area contributed by atoms with E-state index in [1.54, 1.807) is 0 Å². The lowest BCUT2D eigenvalue weighted by atomic mass is 9.58. The molecule has 11 atom stereocenters. The minimum Gasteiger partial charge on any atom is -0.392 e. The molecule has 6 heteroatoms. The van der Waals surface area contributed by atoms with Gasteiger partial charge in [0, 0.05) is 48.7 Å². The average Bonchev–Trinajstić information content (AvgIpc) is 3.47. The molecular weight excluding hydrogens is 488 g/mol. The Morgan fingerprint density at radius 2 is 1.85 bits per heavy atom. The Kier molecular flexibility index (Phi) is 4.60. The largest absolute Gasteiger partial charge is 0.392 e. The van der Waals surface area contributed by atoms with Crippen LogP contribution in [0.2, 0.25) is 0 Å². The molecule has 2 aromatic rings. The van der Waals surface area contributed by atoms with Gasteiger partial charge in [-0.25, -0.2) is 0 Å². The third kappa shape index (κ3) is 2.97. The maximum atomic E-state index is 11.7. The highest BCUT2D eigenvalue weighted by Gasteiger charge is 2.71. The van der Waals surface area contributed by atoms with E-state index in [1.807, 2.05) is 18.5 Å². The van der Waals surface area contributed by atoms with Crippen molar-refractivity contribution in [3.05, 3.63) is 65.5 Å². The number of likely N-dealkylation sites (tertiary alicyclic amines) is 1. The van der Waals surface area contributed by atoms with E-state index in [9.17, 15) is 15.3 Å². The van der Waals surface area contributed by atoms with Gasteiger partial charge < -0.3 is 20.1 Å². The van der Waals surface area contributed by atoms with Gasteiger partial charge >= 0.3 is 0 Å². The van der Waals surface area contributed by atoms with Crippen LogP contribution in [0, 0.1) is 23.2 Å². The van der Waals surface area contributed by atoms with Gasteiger partial charge in [0.25, 0.3) is 0 Å². The molecule has 6 nitrogen and oxygen atoms in total. The lowest BCUT2D eigenvalue weighted by Gasteiger charge is -2.54. The molecule has 2 bridgehead atoms. The highest BCUT2D eigenvalue weighted by molar-refractivity contribution is 5.82. The van der Waals surface area contributed by atoms with Crippen LogP contribution in [-0.2, 0) is 4.74 Å². The van der Waals surface area contributed by atoms with Gasteiger partial charge in [0.2, 0.25) is 0 Å². The van der Waals surface area contributed by atoms with Crippen molar-refractivity contribution < 1.29 is 20.1 Å². The fourth-order valence-corrected chi connectivity index (χ4v) is 10.5. The molecule has 4 aliphatic carbocycles. The zero-order chi connectivity index (χ0) is 26.3. The monoisotopic (exact) mass is 526 g/mol. The van der Waals surface area contributed by atoms with Crippen LogP contribution in [-0.4, -0.2) is 73.8 Å². The predicted octanol–water partition coefficient (Wildman–Crippen LogP) is 3.71. The van der Waals surface area contributed by atoms with E-state index in [4.69, 9.17) is 4.74 Å². The quantitative estimate of drug-likeness (QED) is 0.553. The highest BCUT2D eigenvalue weighted by atomic mass is 16.5. The smallest absolute Gasteiger partial charge is 0.0975 e. The summed E-state index contributed by atoms with van der Waals surface area (Å²) in [5.41, 5.74) is 3.44. The number of aliphatic hydroxyl groups excluding tert-OH is 3. The number of nitrogens with zero attached hydrogens (tertiary/aromatic N) is 2. The molecule has 3 saturated carbocycles. The lowest BCUT2D eigenvalue weighted by molar-refractivity contribution is -0.141. The molecule has 3 aliphatic heterocycles. The van der Waals surface area contributed by atoms with Gasteiger partial charge in [-0.15, -0.1) is 0 Å². The van der Waals surface area contributed by atoms with Gasteiger partial charge in [-0.3, -0.25) is 9.88 Å². The molecule has 5 fully saturated rings. The lowest BCUT2D eigenvalue weighted by Crippen LogP contribution is -2.56. The van der Waals surface area contributed by atoms with Crippen molar-refractivity contribution in [2.75, 3.05) is 13.1 Å². The van der Waals surface area contributed by atoms with E-state index in [-0.39, 0.29) is 28.5 Å². The number of hydrogen-bond acceptors (Lipinski definition) is 6. The number of β-amino-alcohol motifs (C(OH)–C–C–N with tert-alkyl or cyclic N) is 2. The van der Waals surface area contributed by atoms with E-state index in [0.717, 1.165) is 37.5 Å². The first-order chi connectivity index (χ1) is 18.8. The summed E-state index contributed by atoms with van der Waals surface area (Å²) in [4.78, 5) is 6.69. The predicted molar refractivity (Wildman–Crippen MR) is 147 cm³/mol. The summed E-state index contributed by atoms with van der Waals surface area (Å²) in [6.45, 7) is 3.53. The van der Waals surface area contributed by atoms with Gasteiger partial charge in [-0.1, -0.05) is 31.2 Å². The Morgan fingerprint density at radius 1 is 1.00 bits per heavy atom. The summed E-state index contributed by atoms with van der Waals surface area (Å²) >= 11 is 0. The van der Waals surface area contributed by atoms with Crippen LogP contribution in [0.1, 0.15) is 56.9 Å². The molecule has 204 valence electrons. The average molecular weight is 527 g/mol. The number of allylic oxidation sites excluding steroid dienone is 1. The first kappa shape index (κ1) is 23.6. The van der Waals surface area contributed by atoms with Crippen LogP contribution in [0.25, 0.3) is 10.8 Å². The Hall–Kier alpha value is -2.09. The summed E-state index contributed by atoms with van der Waals surface area (Å²) in [5.74, 6) is 1.50. The summed E-state index contributed by atoms with van der Waals surface area (Å²) in [6, 6.07) is 9.05. The molecular formula is C33H38N2O4. The van der Waals surface area contributed by atoms with E-state index in [0.29, 0.717) is 31.0 Å². The van der Waals surface area contributed by atoms with Crippen molar-refractivity contribution >= 4 is 10.8 Å². The summed E-state index contributed by atoms with van der Waals surface area (Å²) in [7, 11) is 0. The van der Waals surface area contributed by atoms with E-state index in [1.165, 1.54) is 28.5 Å². The van der Waals surface area contributed by atoms with Crippen LogP contribution in [0.3, 0.4) is 0 Å². The second-order valence-corrected chi connectivity index (χ2v) is 14.1. The first-order valence-electron chi connectivity index (χ1n) is 15.1. The van der Waals surface area contributed by atoms with Crippen molar-refractivity contribution in [1.82, 2.24) is 9.88 Å². The number of aromatic nitrogens is 1. The number of pyridine rings is 1. The first-order valence-corrected chi connectivity index (χ1v) is 15.1. The minimum absolute atomic E-state index is 0.0595. The van der Waals surface area contributed by atoms with Crippen molar-refractivity contribution in [1.29, 1.82) is 0 Å². The zero-order valence-electron chi connectivity index (χ0n) is 22.5. The number of fused-ring (bicyclic) bond motifs is 4. The van der Waals surface area contributed by atoms with Crippen molar-refractivity contribution in [3.8, 4) is 0 Å². The maximum Gasteiger partial charge on any atom is 0.0975 e. The van der Waals surface area contributed by atoms with Crippen molar-refractivity contribution in [2.24, 2.45) is 23.2 Å². The highest BCUT2D eigenvalue weighted by Crippen LogP contribution is 2.72. The Bertz CT molecular complexity index is 1440. The van der Waals surface area contributed by atoms with Crippen LogP contribution in [0.4, 0.5) is 0 Å². The molecule has 0 radical (unpaired) electrons. The third-order valence-electron chi connectivity index (χ3n) is 12.3. The van der Waals surface area contributed by atoms with Crippen LogP contribution < -0.4 is 0 Å². The van der Waals surface area contributed by atoms with Gasteiger partial charge in [0.1, 0.15) is 0 Å². The van der Waals surface area contributed by atoms with Crippen LogP contribution in [0.5, 0.6) is 0 Å². The second-order valence-electron chi connectivity index (χ2n) is 14.1. The standard InChI is InChI=1S/C33H38N2O4/c1-31-6-4-21-11-24-22-12-23(22)25(35-16-27(37)28(38)17-35)14-32(24)7-8-33(21,39-32)29(31)13-26(36)30(31)19-3-2-18-5-9-34-15-20(18)10-19/h2-5,9-11,15,22-23,25-30,36-38H,6-8,12-14,16-17H2,1H3/t22-,23+,25-,26+,27-,28-,29+,30-,31-,32+,33?/m0/s1. The number of benzene rings is 1. The fraction of sp³-hybridized carbons (Fsp3) is 0.606. The van der Waals surface area contributed by atoms with Crippen molar-refractivity contribution in [3.63, 3.8) is 0 Å². The molecule has 1 unspecified atom stereocenters.